The summed E-state index contributed by atoms with van der Waals surface area (Å²) in [6.07, 6.45) is 0. The Morgan fingerprint density at radius 1 is 1.06 bits per heavy atom. The zero-order valence-electron chi connectivity index (χ0n) is 18.1. The average Bonchev–Trinajstić information content (AvgIpc) is 3.17. The van der Waals surface area contributed by atoms with Crippen LogP contribution >= 0.6 is 0 Å². The molecule has 0 unspecified atom stereocenters. The zero-order valence-corrected chi connectivity index (χ0v) is 18.1. The first-order chi connectivity index (χ1) is 16.5. The third kappa shape index (κ3) is 3.84. The highest BCUT2D eigenvalue weighted by molar-refractivity contribution is 5.90. The Balaban J connectivity index is 1.54. The minimum absolute atomic E-state index is 0.163. The predicted octanol–water partition coefficient (Wildman–Crippen LogP) is 3.66. The fourth-order valence-electron chi connectivity index (χ4n) is 3.58. The smallest absolute Gasteiger partial charge is 0.351 e. The van der Waals surface area contributed by atoms with E-state index < -0.39 is 11.6 Å². The van der Waals surface area contributed by atoms with Crippen LogP contribution in [0.15, 0.2) is 77.6 Å². The van der Waals surface area contributed by atoms with Crippen molar-refractivity contribution in [1.82, 2.24) is 19.2 Å². The summed E-state index contributed by atoms with van der Waals surface area (Å²) in [5, 5.41) is 16.0. The van der Waals surface area contributed by atoms with Gasteiger partial charge in [-0.25, -0.2) is 18.9 Å². The number of ether oxygens (including phenoxy) is 1. The molecule has 9 nitrogen and oxygen atoms in total. The fraction of sp³-hybridized carbons (Fsp3) is 0.0800. The molecule has 5 rings (SSSR count). The summed E-state index contributed by atoms with van der Waals surface area (Å²) in [6, 6.07) is 23.1. The molecule has 166 valence electrons. The van der Waals surface area contributed by atoms with Gasteiger partial charge in [0.15, 0.2) is 0 Å². The molecule has 1 N–H and O–H groups in total. The van der Waals surface area contributed by atoms with E-state index >= 15 is 0 Å². The van der Waals surface area contributed by atoms with Gasteiger partial charge in [0.1, 0.15) is 12.3 Å². The monoisotopic (exact) mass is 450 g/mol. The summed E-state index contributed by atoms with van der Waals surface area (Å²) in [7, 11) is 0. The summed E-state index contributed by atoms with van der Waals surface area (Å²) >= 11 is 0. The van der Waals surface area contributed by atoms with E-state index in [0.717, 1.165) is 10.2 Å². The van der Waals surface area contributed by atoms with E-state index in [2.05, 4.69) is 15.4 Å². The van der Waals surface area contributed by atoms with Crippen LogP contribution in [0.2, 0.25) is 0 Å². The molecule has 0 bridgehead atoms. The number of benzene rings is 3. The number of anilines is 1. The van der Waals surface area contributed by atoms with Gasteiger partial charge in [-0.15, -0.1) is 5.10 Å². The summed E-state index contributed by atoms with van der Waals surface area (Å²) in [4.78, 5) is 30.4. The number of aryl methyl sites for hydroxylation is 1. The molecule has 0 saturated carbocycles. The zero-order chi connectivity index (χ0) is 23.7. The number of carbonyl (C=O) groups is 1. The van der Waals surface area contributed by atoms with E-state index in [9.17, 15) is 9.59 Å². The first-order valence-electron chi connectivity index (χ1n) is 10.5. The molecule has 9 heteroatoms. The molecule has 34 heavy (non-hydrogen) atoms. The van der Waals surface area contributed by atoms with Crippen LogP contribution in [-0.4, -0.2) is 25.1 Å². The van der Waals surface area contributed by atoms with Gasteiger partial charge in [-0.3, -0.25) is 4.79 Å². The predicted molar refractivity (Wildman–Crippen MR) is 126 cm³/mol. The topological polar surface area (TPSA) is 114 Å². The van der Waals surface area contributed by atoms with Crippen LogP contribution in [0.5, 0.6) is 11.6 Å². The number of rotatable bonds is 5. The molecule has 1 amide bonds. The van der Waals surface area contributed by atoms with Crippen molar-refractivity contribution in [2.45, 2.75) is 13.5 Å². The molecule has 3 aromatic carbocycles. The Labute approximate surface area is 193 Å². The number of nitriles is 1. The molecular weight excluding hydrogens is 432 g/mol. The van der Waals surface area contributed by atoms with Crippen molar-refractivity contribution in [3.05, 3.63) is 94.4 Å². The number of aromatic nitrogens is 4. The number of carbonyl (C=O) groups excluding carboxylic acids is 1. The summed E-state index contributed by atoms with van der Waals surface area (Å²) < 4.78 is 8.52. The maximum atomic E-state index is 13.2. The quantitative estimate of drug-likeness (QED) is 0.437. The lowest BCUT2D eigenvalue weighted by Gasteiger charge is -2.09. The number of fused-ring (bicyclic) bond motifs is 3. The van der Waals surface area contributed by atoms with E-state index in [1.54, 1.807) is 42.5 Å². The maximum absolute atomic E-state index is 13.2. The molecule has 5 aromatic rings. The third-order valence-electron chi connectivity index (χ3n) is 5.27. The minimum Gasteiger partial charge on any atom is -0.436 e. The van der Waals surface area contributed by atoms with Crippen LogP contribution in [-0.2, 0) is 11.3 Å². The van der Waals surface area contributed by atoms with Crippen LogP contribution in [0.4, 0.5) is 5.69 Å². The van der Waals surface area contributed by atoms with Crippen LogP contribution in [0.25, 0.3) is 16.7 Å². The van der Waals surface area contributed by atoms with Gasteiger partial charge in [0, 0.05) is 5.69 Å². The SMILES string of the molecule is Cc1ccccc1Oc1nc2ccccc2n2c(=O)n(CC(=O)Nc3ccc(C#N)cc3)nc12. The van der Waals surface area contributed by atoms with Crippen molar-refractivity contribution in [2.75, 3.05) is 5.32 Å². The van der Waals surface area contributed by atoms with Crippen molar-refractivity contribution in [2.24, 2.45) is 0 Å². The van der Waals surface area contributed by atoms with E-state index in [0.29, 0.717) is 28.0 Å². The molecule has 0 spiro atoms. The third-order valence-corrected chi connectivity index (χ3v) is 5.27. The van der Waals surface area contributed by atoms with E-state index in [1.807, 2.05) is 43.3 Å². The van der Waals surface area contributed by atoms with Crippen LogP contribution in [0.1, 0.15) is 11.1 Å². The van der Waals surface area contributed by atoms with E-state index in [1.165, 1.54) is 4.40 Å². The lowest BCUT2D eigenvalue weighted by atomic mass is 10.2. The van der Waals surface area contributed by atoms with Gasteiger partial charge in [0.25, 0.3) is 5.88 Å². The lowest BCUT2D eigenvalue weighted by molar-refractivity contribution is -0.117. The number of para-hydroxylation sites is 3. The highest BCUT2D eigenvalue weighted by Gasteiger charge is 2.19. The Morgan fingerprint density at radius 3 is 2.56 bits per heavy atom. The maximum Gasteiger partial charge on any atom is 0.351 e. The van der Waals surface area contributed by atoms with Gasteiger partial charge < -0.3 is 10.1 Å². The highest BCUT2D eigenvalue weighted by atomic mass is 16.5. The Bertz CT molecular complexity index is 1640. The number of hydrogen-bond acceptors (Lipinski definition) is 6. The van der Waals surface area contributed by atoms with Gasteiger partial charge in [0.2, 0.25) is 11.6 Å². The number of amides is 1. The summed E-state index contributed by atoms with van der Waals surface area (Å²) in [6.45, 7) is 1.60. The molecule has 0 aliphatic rings. The Morgan fingerprint density at radius 2 is 1.79 bits per heavy atom. The first kappa shape index (κ1) is 20.9. The minimum atomic E-state index is -0.488. The molecule has 0 radical (unpaired) electrons. The Hall–Kier alpha value is -4.97. The Kier molecular flexibility index (Phi) is 5.24. The summed E-state index contributed by atoms with van der Waals surface area (Å²) in [5.74, 6) is 0.318. The van der Waals surface area contributed by atoms with Crippen molar-refractivity contribution < 1.29 is 9.53 Å². The molecule has 2 heterocycles. The van der Waals surface area contributed by atoms with Crippen molar-refractivity contribution >= 4 is 28.3 Å². The second-order valence-corrected chi connectivity index (χ2v) is 7.61. The molecule has 0 atom stereocenters. The van der Waals surface area contributed by atoms with E-state index in [-0.39, 0.29) is 18.1 Å². The molecule has 0 aliphatic heterocycles. The average molecular weight is 450 g/mol. The van der Waals surface area contributed by atoms with Crippen LogP contribution in [0, 0.1) is 18.3 Å². The molecule has 0 aliphatic carbocycles. The molecular formula is C25H18N6O3. The van der Waals surface area contributed by atoms with E-state index in [4.69, 9.17) is 10.00 Å². The first-order valence-corrected chi connectivity index (χ1v) is 10.5. The van der Waals surface area contributed by atoms with Crippen LogP contribution < -0.4 is 15.7 Å². The lowest BCUT2D eigenvalue weighted by Crippen LogP contribution is -2.28. The van der Waals surface area contributed by atoms with Crippen LogP contribution in [0.3, 0.4) is 0 Å². The normalized spacial score (nSPS) is 10.8. The second-order valence-electron chi connectivity index (χ2n) is 7.61. The van der Waals surface area contributed by atoms with Gasteiger partial charge in [-0.05, 0) is 55.0 Å². The van der Waals surface area contributed by atoms with Crippen molar-refractivity contribution in [3.63, 3.8) is 0 Å². The molecule has 0 fully saturated rings. The van der Waals surface area contributed by atoms with Gasteiger partial charge >= 0.3 is 5.69 Å². The molecule has 0 saturated heterocycles. The largest absolute Gasteiger partial charge is 0.436 e. The number of nitrogens with one attached hydrogen (secondary N) is 1. The number of nitrogens with zero attached hydrogens (tertiary/aromatic N) is 5. The van der Waals surface area contributed by atoms with Gasteiger partial charge in [-0.1, -0.05) is 30.3 Å². The summed E-state index contributed by atoms with van der Waals surface area (Å²) in [5.41, 5.74) is 2.72. The second kappa shape index (κ2) is 8.52. The van der Waals surface area contributed by atoms with Crippen molar-refractivity contribution in [3.8, 4) is 17.7 Å². The standard InChI is InChI=1S/C25H18N6O3/c1-16-6-2-5-9-21(16)34-24-23-29-30(15-22(32)27-18-12-10-17(14-26)11-13-18)25(33)31(23)20-8-4-3-7-19(20)28-24/h2-13H,15H2,1H3,(H,27,32). The van der Waals surface area contributed by atoms with Gasteiger partial charge in [-0.2, -0.15) is 5.26 Å². The van der Waals surface area contributed by atoms with Crippen molar-refractivity contribution in [1.29, 1.82) is 5.26 Å². The van der Waals surface area contributed by atoms with Gasteiger partial charge in [0.05, 0.1) is 22.7 Å². The number of hydrogen-bond donors (Lipinski definition) is 1. The molecule has 2 aromatic heterocycles. The highest BCUT2D eigenvalue weighted by Crippen LogP contribution is 2.28. The fourth-order valence-corrected chi connectivity index (χ4v) is 3.58.